The van der Waals surface area contributed by atoms with E-state index in [-0.39, 0.29) is 18.2 Å². The van der Waals surface area contributed by atoms with Crippen LogP contribution in [-0.4, -0.2) is 22.2 Å². The van der Waals surface area contributed by atoms with Crippen molar-refractivity contribution in [3.63, 3.8) is 0 Å². The Hall–Kier alpha value is -2.31. The van der Waals surface area contributed by atoms with Gasteiger partial charge in [-0.2, -0.15) is 0 Å². The number of thioether (sulfide) groups is 1. The van der Waals surface area contributed by atoms with E-state index >= 15 is 0 Å². The lowest BCUT2D eigenvalue weighted by Crippen LogP contribution is -2.28. The number of anilines is 1. The molecule has 7 heteroatoms. The number of amidine groups is 1. The zero-order valence-electron chi connectivity index (χ0n) is 14.4. The Bertz CT molecular complexity index is 878. The molecule has 2 aromatic rings. The fourth-order valence-electron chi connectivity index (χ4n) is 2.67. The van der Waals surface area contributed by atoms with Gasteiger partial charge in [0, 0.05) is 17.1 Å². The lowest BCUT2D eigenvalue weighted by atomic mass is 10.1. The molecule has 1 aliphatic heterocycles. The van der Waals surface area contributed by atoms with E-state index in [0.717, 1.165) is 16.8 Å². The highest BCUT2D eigenvalue weighted by molar-refractivity contribution is 8.15. The summed E-state index contributed by atoms with van der Waals surface area (Å²) in [5.74, 6) is -0.452. The van der Waals surface area contributed by atoms with Crippen molar-refractivity contribution in [3.8, 4) is 0 Å². The van der Waals surface area contributed by atoms with Gasteiger partial charge in [0.25, 0.3) is 0 Å². The van der Waals surface area contributed by atoms with E-state index in [4.69, 9.17) is 11.6 Å². The molecule has 0 bridgehead atoms. The summed E-state index contributed by atoms with van der Waals surface area (Å²) in [6.45, 7) is 4.00. The second-order valence-electron chi connectivity index (χ2n) is 6.12. The van der Waals surface area contributed by atoms with Gasteiger partial charge in [-0.1, -0.05) is 35.5 Å². The normalized spacial score (nSPS) is 18.0. The number of benzene rings is 2. The van der Waals surface area contributed by atoms with Gasteiger partial charge in [0.15, 0.2) is 5.17 Å². The summed E-state index contributed by atoms with van der Waals surface area (Å²) in [6.07, 6.45) is 0.0644. The minimum absolute atomic E-state index is 0.0644. The molecule has 0 aromatic heterocycles. The molecule has 2 N–H and O–H groups in total. The third-order valence-electron chi connectivity index (χ3n) is 3.69. The van der Waals surface area contributed by atoms with E-state index in [2.05, 4.69) is 21.7 Å². The minimum atomic E-state index is -0.501. The number of nitrogens with zero attached hydrogens (tertiary/aromatic N) is 1. The lowest BCUT2D eigenvalue weighted by Gasteiger charge is -2.07. The molecule has 1 atom stereocenters. The van der Waals surface area contributed by atoms with E-state index in [1.54, 1.807) is 24.3 Å². The summed E-state index contributed by atoms with van der Waals surface area (Å²) >= 11 is 7.17. The van der Waals surface area contributed by atoms with Crippen LogP contribution in [0.1, 0.15) is 17.5 Å². The maximum absolute atomic E-state index is 12.2. The molecule has 2 amide bonds. The number of aryl methyl sites for hydroxylation is 2. The fourth-order valence-corrected chi connectivity index (χ4v) is 3.85. The van der Waals surface area contributed by atoms with Gasteiger partial charge in [-0.25, -0.2) is 4.99 Å². The second-order valence-corrected chi connectivity index (χ2v) is 7.75. The number of carbonyl (C=O) groups is 2. The molecule has 0 radical (unpaired) electrons. The van der Waals surface area contributed by atoms with E-state index < -0.39 is 5.25 Å². The van der Waals surface area contributed by atoms with Crippen molar-refractivity contribution < 1.29 is 9.59 Å². The molecule has 1 fully saturated rings. The molecule has 1 heterocycles. The zero-order valence-corrected chi connectivity index (χ0v) is 15.9. The first-order valence-electron chi connectivity index (χ1n) is 8.09. The average molecular weight is 388 g/mol. The van der Waals surface area contributed by atoms with Crippen molar-refractivity contribution in [2.75, 3.05) is 5.32 Å². The standard InChI is InChI=1S/C19H18ClN3O2S/c1-11-6-12(2)8-15(7-11)22-19-23-18(25)16(26-19)10-17(24)21-14-5-3-4-13(20)9-14/h3-9,16H,10H2,1-2H3,(H,21,24)(H,22,23,25)/t16-/m1/s1. The molecule has 0 unspecified atom stereocenters. The van der Waals surface area contributed by atoms with Gasteiger partial charge in [-0.3, -0.25) is 9.59 Å². The molecule has 2 aromatic carbocycles. The van der Waals surface area contributed by atoms with Gasteiger partial charge in [0.05, 0.1) is 5.69 Å². The molecule has 26 heavy (non-hydrogen) atoms. The number of halogens is 1. The van der Waals surface area contributed by atoms with Crippen LogP contribution in [0.3, 0.4) is 0 Å². The largest absolute Gasteiger partial charge is 0.326 e. The smallest absolute Gasteiger partial charge is 0.240 e. The fraction of sp³-hybridized carbons (Fsp3) is 0.211. The van der Waals surface area contributed by atoms with Crippen LogP contribution >= 0.6 is 23.4 Å². The highest BCUT2D eigenvalue weighted by Gasteiger charge is 2.32. The molecule has 0 spiro atoms. The van der Waals surface area contributed by atoms with E-state index in [1.165, 1.54) is 11.8 Å². The third kappa shape index (κ3) is 4.86. The van der Waals surface area contributed by atoms with Crippen molar-refractivity contribution in [2.24, 2.45) is 4.99 Å². The summed E-state index contributed by atoms with van der Waals surface area (Å²) in [5, 5.41) is 6.05. The molecule has 1 saturated heterocycles. The molecule has 3 rings (SSSR count). The van der Waals surface area contributed by atoms with Gasteiger partial charge in [-0.05, 0) is 55.3 Å². The predicted molar refractivity (Wildman–Crippen MR) is 107 cm³/mol. The number of hydrogen-bond donors (Lipinski definition) is 2. The van der Waals surface area contributed by atoms with Crippen LogP contribution in [0.15, 0.2) is 47.5 Å². The van der Waals surface area contributed by atoms with Crippen LogP contribution in [-0.2, 0) is 9.59 Å². The van der Waals surface area contributed by atoms with Gasteiger partial charge < -0.3 is 10.6 Å². The number of rotatable bonds is 4. The first kappa shape index (κ1) is 18.5. The number of hydrogen-bond acceptors (Lipinski definition) is 4. The van der Waals surface area contributed by atoms with Crippen LogP contribution in [0.2, 0.25) is 5.02 Å². The molecular weight excluding hydrogens is 370 g/mol. The number of carbonyl (C=O) groups excluding carboxylic acids is 2. The van der Waals surface area contributed by atoms with E-state index in [1.807, 2.05) is 26.0 Å². The van der Waals surface area contributed by atoms with Crippen molar-refractivity contribution in [3.05, 3.63) is 58.6 Å². The Morgan fingerprint density at radius 2 is 1.96 bits per heavy atom. The maximum Gasteiger partial charge on any atom is 0.240 e. The van der Waals surface area contributed by atoms with Crippen molar-refractivity contribution in [2.45, 2.75) is 25.5 Å². The summed E-state index contributed by atoms with van der Waals surface area (Å²) in [7, 11) is 0. The predicted octanol–water partition coefficient (Wildman–Crippen LogP) is 4.20. The van der Waals surface area contributed by atoms with E-state index in [0.29, 0.717) is 15.9 Å². The molecule has 0 saturated carbocycles. The minimum Gasteiger partial charge on any atom is -0.326 e. The first-order chi connectivity index (χ1) is 12.4. The van der Waals surface area contributed by atoms with Crippen LogP contribution < -0.4 is 10.6 Å². The van der Waals surface area contributed by atoms with Crippen LogP contribution in [0.4, 0.5) is 11.4 Å². The summed E-state index contributed by atoms with van der Waals surface area (Å²) < 4.78 is 0. The third-order valence-corrected chi connectivity index (χ3v) is 5.01. The SMILES string of the molecule is Cc1cc(C)cc(N=C2NC(=O)[C@@H](CC(=O)Nc3cccc(Cl)c3)S2)c1. The quantitative estimate of drug-likeness (QED) is 0.825. The number of amides is 2. The highest BCUT2D eigenvalue weighted by Crippen LogP contribution is 2.26. The monoisotopic (exact) mass is 387 g/mol. The van der Waals surface area contributed by atoms with Crippen molar-refractivity contribution in [1.82, 2.24) is 5.32 Å². The van der Waals surface area contributed by atoms with Crippen molar-refractivity contribution >= 4 is 51.7 Å². The first-order valence-corrected chi connectivity index (χ1v) is 9.35. The Labute approximate surface area is 161 Å². The maximum atomic E-state index is 12.2. The Morgan fingerprint density at radius 1 is 1.23 bits per heavy atom. The molecule has 0 aliphatic carbocycles. The second kappa shape index (κ2) is 7.93. The van der Waals surface area contributed by atoms with Gasteiger partial charge >= 0.3 is 0 Å². The Morgan fingerprint density at radius 3 is 2.65 bits per heavy atom. The molecular formula is C19H18ClN3O2S. The summed E-state index contributed by atoms with van der Waals surface area (Å²) in [5.41, 5.74) is 3.61. The Kier molecular flexibility index (Phi) is 5.64. The Balaban J connectivity index is 1.64. The lowest BCUT2D eigenvalue weighted by molar-refractivity contribution is -0.122. The summed E-state index contributed by atoms with van der Waals surface area (Å²) in [4.78, 5) is 28.8. The summed E-state index contributed by atoms with van der Waals surface area (Å²) in [6, 6.07) is 12.9. The van der Waals surface area contributed by atoms with E-state index in [9.17, 15) is 9.59 Å². The van der Waals surface area contributed by atoms with Gasteiger partial charge in [0.1, 0.15) is 5.25 Å². The molecule has 134 valence electrons. The van der Waals surface area contributed by atoms with Gasteiger partial charge in [0.2, 0.25) is 11.8 Å². The topological polar surface area (TPSA) is 70.6 Å². The van der Waals surface area contributed by atoms with Crippen LogP contribution in [0, 0.1) is 13.8 Å². The van der Waals surface area contributed by atoms with Gasteiger partial charge in [-0.15, -0.1) is 0 Å². The molecule has 5 nitrogen and oxygen atoms in total. The molecule has 1 aliphatic rings. The van der Waals surface area contributed by atoms with Crippen LogP contribution in [0.5, 0.6) is 0 Å². The van der Waals surface area contributed by atoms with Crippen molar-refractivity contribution in [1.29, 1.82) is 0 Å². The zero-order chi connectivity index (χ0) is 18.7. The number of nitrogens with one attached hydrogen (secondary N) is 2. The average Bonchev–Trinajstić information content (AvgIpc) is 2.85. The van der Waals surface area contributed by atoms with Crippen LogP contribution in [0.25, 0.3) is 0 Å². The highest BCUT2D eigenvalue weighted by atomic mass is 35.5. The number of aliphatic imine (C=N–C) groups is 1.